The molecule has 0 aliphatic carbocycles. The van der Waals surface area contributed by atoms with E-state index in [1.54, 1.807) is 25.1 Å². The molecular weight excluding hydrogens is 326 g/mol. The third-order valence-electron chi connectivity index (χ3n) is 3.24. The number of thiophene rings is 1. The van der Waals surface area contributed by atoms with Gasteiger partial charge in [0.05, 0.1) is 18.6 Å². The van der Waals surface area contributed by atoms with E-state index in [4.69, 9.17) is 9.15 Å². The number of carbonyl (C=O) groups is 2. The van der Waals surface area contributed by atoms with Crippen LogP contribution in [-0.2, 0) is 4.74 Å². The maximum Gasteiger partial charge on any atom is 0.350 e. The zero-order chi connectivity index (χ0) is 16.9. The second kappa shape index (κ2) is 7.14. The lowest BCUT2D eigenvalue weighted by atomic mass is 10.2. The average Bonchev–Trinajstić information content (AvgIpc) is 3.26. The summed E-state index contributed by atoms with van der Waals surface area (Å²) in [6, 6.07) is 14.6. The summed E-state index contributed by atoms with van der Waals surface area (Å²) in [4.78, 5) is 25.6. The van der Waals surface area contributed by atoms with Crippen LogP contribution in [-0.4, -0.2) is 18.5 Å². The average molecular weight is 341 g/mol. The van der Waals surface area contributed by atoms with E-state index in [0.717, 1.165) is 10.4 Å². The van der Waals surface area contributed by atoms with Crippen LogP contribution in [0, 0.1) is 0 Å². The summed E-state index contributed by atoms with van der Waals surface area (Å²) in [5.74, 6) is -0.695. The van der Waals surface area contributed by atoms with Crippen molar-refractivity contribution in [3.63, 3.8) is 0 Å². The van der Waals surface area contributed by atoms with Crippen LogP contribution in [0.15, 0.2) is 59.2 Å². The summed E-state index contributed by atoms with van der Waals surface area (Å²) in [7, 11) is 0. The molecule has 2 heterocycles. The van der Waals surface area contributed by atoms with Crippen LogP contribution in [0.1, 0.15) is 27.2 Å². The van der Waals surface area contributed by atoms with Crippen molar-refractivity contribution in [1.29, 1.82) is 0 Å². The van der Waals surface area contributed by atoms with Crippen LogP contribution in [0.3, 0.4) is 0 Å². The molecule has 1 amide bonds. The molecule has 0 spiro atoms. The summed E-state index contributed by atoms with van der Waals surface area (Å²) in [6.45, 7) is 2.01. The van der Waals surface area contributed by atoms with Gasteiger partial charge in [-0.1, -0.05) is 30.3 Å². The Morgan fingerprint density at radius 3 is 2.62 bits per heavy atom. The van der Waals surface area contributed by atoms with E-state index in [2.05, 4.69) is 5.32 Å². The molecule has 3 rings (SSSR count). The molecule has 5 nitrogen and oxygen atoms in total. The maximum absolute atomic E-state index is 12.2. The Labute approximate surface area is 142 Å². The number of anilines is 1. The van der Waals surface area contributed by atoms with Gasteiger partial charge in [-0.15, -0.1) is 11.3 Å². The number of furan rings is 1. The lowest BCUT2D eigenvalue weighted by molar-refractivity contribution is 0.0533. The zero-order valence-electron chi connectivity index (χ0n) is 12.9. The Balaban J connectivity index is 1.95. The van der Waals surface area contributed by atoms with Crippen molar-refractivity contribution in [3.8, 4) is 10.4 Å². The van der Waals surface area contributed by atoms with E-state index in [-0.39, 0.29) is 12.4 Å². The number of benzene rings is 1. The summed E-state index contributed by atoms with van der Waals surface area (Å²) >= 11 is 1.28. The van der Waals surface area contributed by atoms with Crippen LogP contribution >= 0.6 is 11.3 Å². The quantitative estimate of drug-likeness (QED) is 0.697. The molecule has 0 aliphatic heterocycles. The third-order valence-corrected chi connectivity index (χ3v) is 4.41. The van der Waals surface area contributed by atoms with E-state index < -0.39 is 11.9 Å². The molecule has 3 aromatic rings. The van der Waals surface area contributed by atoms with Crippen LogP contribution in [0.5, 0.6) is 0 Å². The molecule has 6 heteroatoms. The fourth-order valence-corrected chi connectivity index (χ4v) is 3.18. The molecule has 2 aromatic heterocycles. The van der Waals surface area contributed by atoms with Crippen molar-refractivity contribution in [1.82, 2.24) is 0 Å². The summed E-state index contributed by atoms with van der Waals surface area (Å²) in [5, 5.41) is 2.72. The number of ether oxygens (including phenoxy) is 1. The lowest BCUT2D eigenvalue weighted by Crippen LogP contribution is -2.13. The second-order valence-corrected chi connectivity index (χ2v) is 5.92. The molecule has 24 heavy (non-hydrogen) atoms. The molecule has 0 radical (unpaired) electrons. The van der Waals surface area contributed by atoms with E-state index in [0.29, 0.717) is 10.6 Å². The number of esters is 1. The van der Waals surface area contributed by atoms with Crippen molar-refractivity contribution >= 4 is 28.9 Å². The Morgan fingerprint density at radius 1 is 1.17 bits per heavy atom. The number of hydrogen-bond acceptors (Lipinski definition) is 5. The van der Waals surface area contributed by atoms with Crippen LogP contribution in [0.25, 0.3) is 10.4 Å². The zero-order valence-corrected chi connectivity index (χ0v) is 13.8. The molecule has 0 aliphatic rings. The third kappa shape index (κ3) is 3.38. The van der Waals surface area contributed by atoms with Gasteiger partial charge in [0.1, 0.15) is 4.88 Å². The van der Waals surface area contributed by atoms with Gasteiger partial charge in [0.25, 0.3) is 5.91 Å². The number of nitrogens with one attached hydrogen (secondary N) is 1. The standard InChI is InChI=1S/C18H15NO4S/c1-2-22-18(21)16-13(19-17(20)14-9-6-10-23-14)11-15(24-16)12-7-4-3-5-8-12/h3-11H,2H2,1H3,(H,19,20). The Kier molecular flexibility index (Phi) is 4.77. The first kappa shape index (κ1) is 16.0. The summed E-state index contributed by atoms with van der Waals surface area (Å²) in [6.07, 6.45) is 1.42. The van der Waals surface area contributed by atoms with Gasteiger partial charge in [0, 0.05) is 4.88 Å². The van der Waals surface area contributed by atoms with Crippen LogP contribution in [0.4, 0.5) is 5.69 Å². The predicted octanol–water partition coefficient (Wildman–Crippen LogP) is 4.44. The maximum atomic E-state index is 12.2. The SMILES string of the molecule is CCOC(=O)c1sc(-c2ccccc2)cc1NC(=O)c1ccco1. The van der Waals surface area contributed by atoms with Crippen LogP contribution in [0.2, 0.25) is 0 Å². The first-order valence-electron chi connectivity index (χ1n) is 7.40. The van der Waals surface area contributed by atoms with E-state index in [9.17, 15) is 9.59 Å². The molecule has 0 atom stereocenters. The first-order valence-corrected chi connectivity index (χ1v) is 8.22. The van der Waals surface area contributed by atoms with Gasteiger partial charge in [-0.25, -0.2) is 4.79 Å². The lowest BCUT2D eigenvalue weighted by Gasteiger charge is -2.04. The number of rotatable bonds is 5. The topological polar surface area (TPSA) is 68.5 Å². The molecule has 1 N–H and O–H groups in total. The molecule has 0 bridgehead atoms. The summed E-state index contributed by atoms with van der Waals surface area (Å²) in [5.41, 5.74) is 1.38. The normalized spacial score (nSPS) is 10.4. The van der Waals surface area contributed by atoms with Crippen molar-refractivity contribution in [2.45, 2.75) is 6.92 Å². The molecule has 1 aromatic carbocycles. The van der Waals surface area contributed by atoms with Gasteiger partial charge in [0.15, 0.2) is 5.76 Å². The van der Waals surface area contributed by atoms with Gasteiger partial charge in [-0.2, -0.15) is 0 Å². The van der Waals surface area contributed by atoms with E-state index in [1.807, 2.05) is 30.3 Å². The van der Waals surface area contributed by atoms with Crippen molar-refractivity contribution < 1.29 is 18.7 Å². The van der Waals surface area contributed by atoms with Gasteiger partial charge in [-0.05, 0) is 30.7 Å². The number of hydrogen-bond donors (Lipinski definition) is 1. The molecule has 0 saturated heterocycles. The fourth-order valence-electron chi connectivity index (χ4n) is 2.17. The number of amides is 1. The number of carbonyl (C=O) groups excluding carboxylic acids is 2. The molecular formula is C18H15NO4S. The summed E-state index contributed by atoms with van der Waals surface area (Å²) < 4.78 is 10.2. The van der Waals surface area contributed by atoms with Gasteiger partial charge in [-0.3, -0.25) is 4.79 Å². The minimum Gasteiger partial charge on any atom is -0.462 e. The molecule has 122 valence electrons. The second-order valence-electron chi connectivity index (χ2n) is 4.87. The molecule has 0 fully saturated rings. The van der Waals surface area contributed by atoms with E-state index >= 15 is 0 Å². The van der Waals surface area contributed by atoms with Crippen molar-refractivity contribution in [2.75, 3.05) is 11.9 Å². The Hall–Kier alpha value is -2.86. The van der Waals surface area contributed by atoms with Crippen molar-refractivity contribution in [2.24, 2.45) is 0 Å². The Morgan fingerprint density at radius 2 is 1.96 bits per heavy atom. The van der Waals surface area contributed by atoms with Gasteiger partial charge < -0.3 is 14.5 Å². The minimum atomic E-state index is -0.459. The highest BCUT2D eigenvalue weighted by atomic mass is 32.1. The minimum absolute atomic E-state index is 0.178. The molecule has 0 unspecified atom stereocenters. The fraction of sp³-hybridized carbons (Fsp3) is 0.111. The van der Waals surface area contributed by atoms with E-state index in [1.165, 1.54) is 17.6 Å². The highest BCUT2D eigenvalue weighted by Gasteiger charge is 2.21. The predicted molar refractivity (Wildman–Crippen MR) is 92.4 cm³/mol. The van der Waals surface area contributed by atoms with Crippen LogP contribution < -0.4 is 5.32 Å². The smallest absolute Gasteiger partial charge is 0.350 e. The largest absolute Gasteiger partial charge is 0.462 e. The monoisotopic (exact) mass is 341 g/mol. The molecule has 0 saturated carbocycles. The first-order chi connectivity index (χ1) is 11.7. The highest BCUT2D eigenvalue weighted by Crippen LogP contribution is 2.35. The van der Waals surface area contributed by atoms with Crippen molar-refractivity contribution in [3.05, 3.63) is 65.4 Å². The Bertz CT molecular complexity index is 837. The highest BCUT2D eigenvalue weighted by molar-refractivity contribution is 7.18. The van der Waals surface area contributed by atoms with Gasteiger partial charge in [0.2, 0.25) is 0 Å². The van der Waals surface area contributed by atoms with Gasteiger partial charge >= 0.3 is 5.97 Å².